The van der Waals surface area contributed by atoms with Crippen LogP contribution in [0.5, 0.6) is 0 Å². The fourth-order valence-electron chi connectivity index (χ4n) is 1.90. The summed E-state index contributed by atoms with van der Waals surface area (Å²) in [6.07, 6.45) is 0. The Morgan fingerprint density at radius 2 is 1.74 bits per heavy atom. The van der Waals surface area contributed by atoms with Crippen LogP contribution in [0.3, 0.4) is 0 Å². The second-order valence-corrected chi connectivity index (χ2v) is 6.16. The minimum atomic E-state index is 1.08. The highest BCUT2D eigenvalue weighted by Gasteiger charge is 2.03. The highest BCUT2D eigenvalue weighted by molar-refractivity contribution is 7.17. The number of thiophene rings is 2. The van der Waals surface area contributed by atoms with Gasteiger partial charge in [0.15, 0.2) is 0 Å². The predicted octanol–water partition coefficient (Wildman–Crippen LogP) is 3.88. The van der Waals surface area contributed by atoms with E-state index in [1.165, 1.54) is 20.8 Å². The van der Waals surface area contributed by atoms with Gasteiger partial charge < -0.3 is 0 Å². The lowest BCUT2D eigenvalue weighted by Gasteiger charge is -1.89. The molecule has 0 saturated carbocycles. The van der Waals surface area contributed by atoms with Gasteiger partial charge in [0.1, 0.15) is 11.0 Å². The highest BCUT2D eigenvalue weighted by atomic mass is 32.1. The number of hydrogen-bond donors (Lipinski definition) is 1. The summed E-state index contributed by atoms with van der Waals surface area (Å²) in [6, 6.07) is 4.07. The summed E-state index contributed by atoms with van der Waals surface area (Å²) in [5, 5.41) is 15.4. The number of H-pyrrole nitrogens is 1. The van der Waals surface area contributed by atoms with Crippen molar-refractivity contribution in [2.24, 2.45) is 7.05 Å². The lowest BCUT2D eigenvalue weighted by Crippen LogP contribution is -1.91. The minimum Gasteiger partial charge on any atom is -0.281 e. The normalized spacial score (nSPS) is 10.9. The molecule has 1 N–H and O–H groups in total. The van der Waals surface area contributed by atoms with Crippen molar-refractivity contribution in [3.63, 3.8) is 0 Å². The molecular weight excluding hydrogens is 276 g/mol. The van der Waals surface area contributed by atoms with E-state index in [0.717, 1.165) is 11.0 Å². The first-order valence-corrected chi connectivity index (χ1v) is 7.67. The fraction of sp³-hybridized carbons (Fsp3) is 0.231. The van der Waals surface area contributed by atoms with Crippen LogP contribution in [-0.4, -0.2) is 20.0 Å². The van der Waals surface area contributed by atoms with E-state index in [1.807, 2.05) is 30.8 Å². The number of aromatic nitrogens is 4. The van der Waals surface area contributed by atoms with Crippen molar-refractivity contribution in [2.45, 2.75) is 13.8 Å². The Labute approximate surface area is 118 Å². The second kappa shape index (κ2) is 4.79. The van der Waals surface area contributed by atoms with Crippen LogP contribution in [0.4, 0.5) is 0 Å². The molecule has 0 unspecified atom stereocenters. The Morgan fingerprint density at radius 3 is 2.42 bits per heavy atom. The van der Waals surface area contributed by atoms with Gasteiger partial charge in [-0.05, 0) is 36.7 Å². The van der Waals surface area contributed by atoms with E-state index >= 15 is 0 Å². The first kappa shape index (κ1) is 12.4. The Morgan fingerprint density at radius 1 is 1.05 bits per heavy atom. The fourth-order valence-corrected chi connectivity index (χ4v) is 3.56. The van der Waals surface area contributed by atoms with E-state index in [-0.39, 0.29) is 0 Å². The molecule has 0 atom stereocenters. The number of rotatable bonds is 0. The number of aryl methyl sites for hydroxylation is 3. The Hall–Kier alpha value is -1.66. The molecule has 0 aliphatic carbocycles. The van der Waals surface area contributed by atoms with Gasteiger partial charge in [-0.15, -0.1) is 22.7 Å². The molecule has 0 radical (unpaired) electrons. The Bertz CT molecular complexity index is 818. The van der Waals surface area contributed by atoms with Crippen molar-refractivity contribution in [1.82, 2.24) is 20.0 Å². The van der Waals surface area contributed by atoms with Gasteiger partial charge in [-0.3, -0.25) is 9.78 Å². The first-order valence-electron chi connectivity index (χ1n) is 5.92. The number of fused-ring (bicyclic) bond motifs is 2. The number of hydrogen-bond acceptors (Lipinski definition) is 4. The van der Waals surface area contributed by atoms with E-state index in [0.29, 0.717) is 0 Å². The lowest BCUT2D eigenvalue weighted by molar-refractivity contribution is 0.751. The van der Waals surface area contributed by atoms with Gasteiger partial charge in [0.25, 0.3) is 0 Å². The maximum absolute atomic E-state index is 4.30. The monoisotopic (exact) mass is 290 g/mol. The quantitative estimate of drug-likeness (QED) is 0.534. The highest BCUT2D eigenvalue weighted by Crippen LogP contribution is 2.22. The van der Waals surface area contributed by atoms with Gasteiger partial charge in [-0.2, -0.15) is 10.2 Å². The van der Waals surface area contributed by atoms with Gasteiger partial charge in [-0.1, -0.05) is 0 Å². The maximum Gasteiger partial charge on any atom is 0.103 e. The molecule has 0 aromatic carbocycles. The van der Waals surface area contributed by atoms with Crippen molar-refractivity contribution in [2.75, 3.05) is 0 Å². The number of nitrogens with zero attached hydrogens (tertiary/aromatic N) is 3. The first-order chi connectivity index (χ1) is 9.16. The molecule has 0 aliphatic heterocycles. The van der Waals surface area contributed by atoms with Crippen LogP contribution in [0.1, 0.15) is 11.4 Å². The smallest absolute Gasteiger partial charge is 0.103 e. The van der Waals surface area contributed by atoms with Crippen molar-refractivity contribution in [3.05, 3.63) is 34.3 Å². The standard InChI is InChI=1S/C7H8N2S.C6H6N2S/c1-5-7-6(3-4-10-7)8-9(5)2;1-4-6-5(8-7-4)2-3-9-6/h3-4H,1-2H3;2-3H,1H3,(H,7,8). The van der Waals surface area contributed by atoms with Crippen LogP contribution in [-0.2, 0) is 7.05 Å². The summed E-state index contributed by atoms with van der Waals surface area (Å²) in [7, 11) is 1.97. The number of aromatic amines is 1. The van der Waals surface area contributed by atoms with Gasteiger partial charge in [0, 0.05) is 12.7 Å². The van der Waals surface area contributed by atoms with Crippen LogP contribution in [0, 0.1) is 13.8 Å². The zero-order valence-electron chi connectivity index (χ0n) is 11.0. The van der Waals surface area contributed by atoms with E-state index in [1.54, 1.807) is 22.7 Å². The molecule has 0 amide bonds. The van der Waals surface area contributed by atoms with Gasteiger partial charge >= 0.3 is 0 Å². The Kier molecular flexibility index (Phi) is 3.12. The topological polar surface area (TPSA) is 46.5 Å². The molecule has 4 nitrogen and oxygen atoms in total. The Balaban J connectivity index is 0.000000117. The summed E-state index contributed by atoms with van der Waals surface area (Å²) in [6.45, 7) is 4.12. The summed E-state index contributed by atoms with van der Waals surface area (Å²) in [5.74, 6) is 0. The SMILES string of the molecule is Cc1[nH]nc2ccsc12.Cc1c2sccc2nn1C. The van der Waals surface area contributed by atoms with E-state index < -0.39 is 0 Å². The van der Waals surface area contributed by atoms with E-state index in [4.69, 9.17) is 0 Å². The lowest BCUT2D eigenvalue weighted by atomic mass is 10.4. The molecule has 4 heterocycles. The molecule has 4 aromatic heterocycles. The van der Waals surface area contributed by atoms with Crippen LogP contribution >= 0.6 is 22.7 Å². The van der Waals surface area contributed by atoms with Gasteiger partial charge in [0.05, 0.1) is 15.1 Å². The third-order valence-corrected chi connectivity index (χ3v) is 5.08. The van der Waals surface area contributed by atoms with E-state index in [2.05, 4.69) is 33.0 Å². The average molecular weight is 290 g/mol. The van der Waals surface area contributed by atoms with Gasteiger partial charge in [-0.25, -0.2) is 0 Å². The average Bonchev–Trinajstić information content (AvgIpc) is 3.10. The zero-order valence-corrected chi connectivity index (χ0v) is 12.6. The van der Waals surface area contributed by atoms with E-state index in [9.17, 15) is 0 Å². The molecule has 0 spiro atoms. The third-order valence-electron chi connectivity index (χ3n) is 3.05. The molecule has 0 bridgehead atoms. The third kappa shape index (κ3) is 2.17. The zero-order chi connectivity index (χ0) is 13.4. The molecule has 0 fully saturated rings. The molecular formula is C13H14N4S2. The van der Waals surface area contributed by atoms with Crippen molar-refractivity contribution >= 4 is 43.1 Å². The van der Waals surface area contributed by atoms with Crippen molar-refractivity contribution in [3.8, 4) is 0 Å². The largest absolute Gasteiger partial charge is 0.281 e. The minimum absolute atomic E-state index is 1.08. The molecule has 0 aliphatic rings. The molecule has 6 heteroatoms. The molecule has 4 rings (SSSR count). The molecule has 19 heavy (non-hydrogen) atoms. The number of nitrogens with one attached hydrogen (secondary N) is 1. The summed E-state index contributed by atoms with van der Waals surface area (Å²) in [5.41, 5.74) is 4.62. The van der Waals surface area contributed by atoms with Crippen LogP contribution < -0.4 is 0 Å². The van der Waals surface area contributed by atoms with Crippen LogP contribution in [0.25, 0.3) is 20.4 Å². The predicted molar refractivity (Wildman–Crippen MR) is 82.0 cm³/mol. The second-order valence-electron chi connectivity index (χ2n) is 4.33. The van der Waals surface area contributed by atoms with Crippen molar-refractivity contribution < 1.29 is 0 Å². The van der Waals surface area contributed by atoms with Crippen LogP contribution in [0.2, 0.25) is 0 Å². The molecule has 4 aromatic rings. The van der Waals surface area contributed by atoms with Crippen LogP contribution in [0.15, 0.2) is 22.9 Å². The van der Waals surface area contributed by atoms with Gasteiger partial charge in [0.2, 0.25) is 0 Å². The summed E-state index contributed by atoms with van der Waals surface area (Å²) >= 11 is 3.48. The van der Waals surface area contributed by atoms with Crippen molar-refractivity contribution in [1.29, 1.82) is 0 Å². The summed E-state index contributed by atoms with van der Waals surface area (Å²) in [4.78, 5) is 0. The molecule has 0 saturated heterocycles. The summed E-state index contributed by atoms with van der Waals surface area (Å²) < 4.78 is 4.50. The molecule has 98 valence electrons. The maximum atomic E-state index is 4.30.